The van der Waals surface area contributed by atoms with Gasteiger partial charge in [0.05, 0.1) is 5.02 Å². The summed E-state index contributed by atoms with van der Waals surface area (Å²) in [6, 6.07) is 14.4. The molecular formula is C21H24BrClN2O3. The van der Waals surface area contributed by atoms with Crippen LogP contribution in [0.25, 0.3) is 0 Å². The number of likely N-dealkylation sites (N-methyl/N-ethyl adjacent to an activating group) is 1. The lowest BCUT2D eigenvalue weighted by Gasteiger charge is -2.28. The zero-order valence-corrected chi connectivity index (χ0v) is 18.3. The van der Waals surface area contributed by atoms with Gasteiger partial charge in [0.1, 0.15) is 11.8 Å². The fourth-order valence-corrected chi connectivity index (χ4v) is 3.43. The minimum absolute atomic E-state index is 0.189. The molecule has 0 saturated carbocycles. The molecule has 2 aromatic carbocycles. The van der Waals surface area contributed by atoms with E-state index in [4.69, 9.17) is 16.3 Å². The average molecular weight is 468 g/mol. The van der Waals surface area contributed by atoms with Crippen LogP contribution in [0.3, 0.4) is 0 Å². The van der Waals surface area contributed by atoms with Crippen LogP contribution >= 0.6 is 27.5 Å². The zero-order valence-electron chi connectivity index (χ0n) is 16.0. The van der Waals surface area contributed by atoms with Crippen molar-refractivity contribution in [2.75, 3.05) is 19.7 Å². The van der Waals surface area contributed by atoms with Crippen molar-refractivity contribution in [1.82, 2.24) is 10.2 Å². The van der Waals surface area contributed by atoms with Crippen molar-refractivity contribution in [3.63, 3.8) is 0 Å². The van der Waals surface area contributed by atoms with Crippen LogP contribution in [0.2, 0.25) is 5.02 Å². The van der Waals surface area contributed by atoms with Crippen LogP contribution in [0, 0.1) is 0 Å². The molecule has 28 heavy (non-hydrogen) atoms. The highest BCUT2D eigenvalue weighted by Gasteiger charge is 2.25. The number of amides is 2. The van der Waals surface area contributed by atoms with E-state index < -0.39 is 6.04 Å². The molecule has 0 fully saturated rings. The summed E-state index contributed by atoms with van der Waals surface area (Å²) in [5.41, 5.74) is 1.10. The van der Waals surface area contributed by atoms with E-state index in [0.29, 0.717) is 30.3 Å². The molecule has 7 heteroatoms. The number of nitrogens with zero attached hydrogens (tertiary/aromatic N) is 1. The number of hydrogen-bond donors (Lipinski definition) is 1. The summed E-state index contributed by atoms with van der Waals surface area (Å²) < 4.78 is 6.43. The first-order valence-electron chi connectivity index (χ1n) is 9.11. The van der Waals surface area contributed by atoms with Crippen molar-refractivity contribution in [2.24, 2.45) is 0 Å². The first-order valence-corrected chi connectivity index (χ1v) is 10.3. The normalized spacial score (nSPS) is 11.6. The largest absolute Gasteiger partial charge is 0.482 e. The highest BCUT2D eigenvalue weighted by atomic mass is 79.9. The molecule has 0 aliphatic carbocycles. The van der Waals surface area contributed by atoms with Crippen LogP contribution in [0.5, 0.6) is 5.75 Å². The molecule has 1 N–H and O–H groups in total. The molecule has 0 saturated heterocycles. The Bertz CT molecular complexity index is 801. The smallest absolute Gasteiger partial charge is 0.261 e. The highest BCUT2D eigenvalue weighted by molar-refractivity contribution is 9.10. The van der Waals surface area contributed by atoms with E-state index in [1.165, 1.54) is 0 Å². The molecule has 5 nitrogen and oxygen atoms in total. The van der Waals surface area contributed by atoms with Gasteiger partial charge in [0.25, 0.3) is 5.91 Å². The predicted molar refractivity (Wildman–Crippen MR) is 115 cm³/mol. The SMILES string of the molecule is CCNC(=O)[C@H](C)N(CCc1ccccc1)C(=O)COc1ccc(Br)cc1Cl. The molecule has 2 amide bonds. The van der Waals surface area contributed by atoms with E-state index in [1.807, 2.05) is 37.3 Å². The van der Waals surface area contributed by atoms with Gasteiger partial charge in [-0.3, -0.25) is 9.59 Å². The molecule has 0 heterocycles. The maximum atomic E-state index is 12.8. The summed E-state index contributed by atoms with van der Waals surface area (Å²) in [7, 11) is 0. The molecular weight excluding hydrogens is 444 g/mol. The molecule has 2 aromatic rings. The van der Waals surface area contributed by atoms with Crippen molar-refractivity contribution in [2.45, 2.75) is 26.3 Å². The molecule has 0 unspecified atom stereocenters. The van der Waals surface area contributed by atoms with Crippen molar-refractivity contribution >= 4 is 39.3 Å². The monoisotopic (exact) mass is 466 g/mol. The Kier molecular flexibility index (Phi) is 8.80. The fourth-order valence-electron chi connectivity index (χ4n) is 2.71. The van der Waals surface area contributed by atoms with Gasteiger partial charge in [-0.1, -0.05) is 57.9 Å². The minimum Gasteiger partial charge on any atom is -0.482 e. The van der Waals surface area contributed by atoms with Gasteiger partial charge in [-0.15, -0.1) is 0 Å². The third-order valence-corrected chi connectivity index (χ3v) is 5.04. The van der Waals surface area contributed by atoms with E-state index in [-0.39, 0.29) is 18.4 Å². The number of hydrogen-bond acceptors (Lipinski definition) is 3. The van der Waals surface area contributed by atoms with Gasteiger partial charge in [-0.2, -0.15) is 0 Å². The Morgan fingerprint density at radius 3 is 2.57 bits per heavy atom. The second kappa shape index (κ2) is 11.1. The van der Waals surface area contributed by atoms with Gasteiger partial charge in [-0.25, -0.2) is 0 Å². The zero-order chi connectivity index (χ0) is 20.5. The third-order valence-electron chi connectivity index (χ3n) is 4.25. The lowest BCUT2D eigenvalue weighted by atomic mass is 10.1. The van der Waals surface area contributed by atoms with Crippen LogP contribution in [-0.4, -0.2) is 42.5 Å². The topological polar surface area (TPSA) is 58.6 Å². The summed E-state index contributed by atoms with van der Waals surface area (Å²) in [6.45, 7) is 4.30. The molecule has 0 radical (unpaired) electrons. The number of benzene rings is 2. The molecule has 1 atom stereocenters. The lowest BCUT2D eigenvalue weighted by Crippen LogP contribution is -2.50. The molecule has 2 rings (SSSR count). The third kappa shape index (κ3) is 6.53. The number of carbonyl (C=O) groups excluding carboxylic acids is 2. The first-order chi connectivity index (χ1) is 13.4. The average Bonchev–Trinajstić information content (AvgIpc) is 2.68. The summed E-state index contributed by atoms with van der Waals surface area (Å²) in [4.78, 5) is 26.7. The summed E-state index contributed by atoms with van der Waals surface area (Å²) in [5, 5.41) is 3.18. The summed E-state index contributed by atoms with van der Waals surface area (Å²) >= 11 is 9.48. The number of rotatable bonds is 9. The van der Waals surface area contributed by atoms with Gasteiger partial charge in [0, 0.05) is 17.6 Å². The molecule has 0 spiro atoms. The van der Waals surface area contributed by atoms with Crippen LogP contribution < -0.4 is 10.1 Å². The quantitative estimate of drug-likeness (QED) is 0.605. The van der Waals surface area contributed by atoms with Gasteiger partial charge < -0.3 is 15.0 Å². The number of ether oxygens (including phenoxy) is 1. The summed E-state index contributed by atoms with van der Waals surface area (Å²) in [6.07, 6.45) is 0.648. The van der Waals surface area contributed by atoms with Crippen LogP contribution in [0.15, 0.2) is 53.0 Å². The van der Waals surface area contributed by atoms with Crippen molar-refractivity contribution < 1.29 is 14.3 Å². The minimum atomic E-state index is -0.597. The standard InChI is InChI=1S/C21H24BrClN2O3/c1-3-24-21(27)15(2)25(12-11-16-7-5-4-6-8-16)20(26)14-28-19-10-9-17(22)13-18(19)23/h4-10,13,15H,3,11-12,14H2,1-2H3,(H,24,27)/t15-/m0/s1. The molecule has 0 aromatic heterocycles. The lowest BCUT2D eigenvalue weighted by molar-refractivity contribution is -0.141. The van der Waals surface area contributed by atoms with E-state index >= 15 is 0 Å². The Morgan fingerprint density at radius 2 is 1.93 bits per heavy atom. The predicted octanol–water partition coefficient (Wildman–Crippen LogP) is 4.08. The first kappa shape index (κ1) is 22.2. The fraction of sp³-hybridized carbons (Fsp3) is 0.333. The van der Waals surface area contributed by atoms with E-state index in [9.17, 15) is 9.59 Å². The molecule has 0 bridgehead atoms. The number of carbonyl (C=O) groups is 2. The van der Waals surface area contributed by atoms with Crippen LogP contribution in [0.1, 0.15) is 19.4 Å². The Balaban J connectivity index is 2.07. The van der Waals surface area contributed by atoms with Crippen molar-refractivity contribution in [1.29, 1.82) is 0 Å². The Morgan fingerprint density at radius 1 is 1.21 bits per heavy atom. The van der Waals surface area contributed by atoms with Crippen molar-refractivity contribution in [3.05, 3.63) is 63.6 Å². The maximum Gasteiger partial charge on any atom is 0.261 e. The molecule has 0 aliphatic heterocycles. The maximum absolute atomic E-state index is 12.8. The number of nitrogens with one attached hydrogen (secondary N) is 1. The van der Waals surface area contributed by atoms with Gasteiger partial charge >= 0.3 is 0 Å². The Labute approximate surface area is 179 Å². The second-order valence-electron chi connectivity index (χ2n) is 6.26. The van der Waals surface area contributed by atoms with Gasteiger partial charge in [0.2, 0.25) is 5.91 Å². The van der Waals surface area contributed by atoms with Gasteiger partial charge in [-0.05, 0) is 44.0 Å². The second-order valence-corrected chi connectivity index (χ2v) is 7.58. The number of halogens is 2. The highest BCUT2D eigenvalue weighted by Crippen LogP contribution is 2.27. The van der Waals surface area contributed by atoms with E-state index in [1.54, 1.807) is 30.0 Å². The Hall–Kier alpha value is -2.05. The van der Waals surface area contributed by atoms with Crippen LogP contribution in [-0.2, 0) is 16.0 Å². The molecule has 150 valence electrons. The van der Waals surface area contributed by atoms with E-state index in [2.05, 4.69) is 21.2 Å². The van der Waals surface area contributed by atoms with Gasteiger partial charge in [0.15, 0.2) is 6.61 Å². The van der Waals surface area contributed by atoms with Crippen molar-refractivity contribution in [3.8, 4) is 5.75 Å². The summed E-state index contributed by atoms with van der Waals surface area (Å²) in [5.74, 6) is -0.0360. The molecule has 0 aliphatic rings. The van der Waals surface area contributed by atoms with Crippen LogP contribution in [0.4, 0.5) is 0 Å². The van der Waals surface area contributed by atoms with E-state index in [0.717, 1.165) is 10.0 Å².